The molecular formula is C17H18N4O. The number of H-pyrrole nitrogens is 1. The molecule has 1 amide bonds. The van der Waals surface area contributed by atoms with Gasteiger partial charge in [0.15, 0.2) is 5.69 Å². The maximum absolute atomic E-state index is 13.1. The molecule has 4 aliphatic rings. The Morgan fingerprint density at radius 1 is 1.27 bits per heavy atom. The molecule has 1 spiro atoms. The van der Waals surface area contributed by atoms with Gasteiger partial charge in [0.05, 0.1) is 11.6 Å². The van der Waals surface area contributed by atoms with Crippen molar-refractivity contribution < 1.29 is 4.79 Å². The van der Waals surface area contributed by atoms with Crippen molar-refractivity contribution in [3.63, 3.8) is 0 Å². The monoisotopic (exact) mass is 294 g/mol. The lowest BCUT2D eigenvalue weighted by Gasteiger charge is -2.46. The van der Waals surface area contributed by atoms with Crippen molar-refractivity contribution in [1.29, 1.82) is 0 Å². The first-order valence-corrected chi connectivity index (χ1v) is 8.27. The van der Waals surface area contributed by atoms with Crippen LogP contribution in [0.5, 0.6) is 0 Å². The van der Waals surface area contributed by atoms with Gasteiger partial charge >= 0.3 is 0 Å². The van der Waals surface area contributed by atoms with E-state index in [4.69, 9.17) is 0 Å². The average molecular weight is 294 g/mol. The van der Waals surface area contributed by atoms with E-state index in [9.17, 15) is 4.79 Å². The number of nitrogens with zero attached hydrogens (tertiary/aromatic N) is 3. The molecule has 2 bridgehead atoms. The third-order valence-electron chi connectivity index (χ3n) is 6.92. The van der Waals surface area contributed by atoms with Crippen LogP contribution in [0.1, 0.15) is 23.3 Å². The minimum Gasteiger partial charge on any atom is -0.332 e. The molecule has 1 saturated carbocycles. The Morgan fingerprint density at radius 2 is 2.18 bits per heavy atom. The summed E-state index contributed by atoms with van der Waals surface area (Å²) < 4.78 is 0. The number of para-hydroxylation sites is 1. The highest BCUT2D eigenvalue weighted by molar-refractivity contribution is 6.05. The van der Waals surface area contributed by atoms with Crippen LogP contribution in [0.15, 0.2) is 24.3 Å². The molecule has 6 rings (SSSR count). The van der Waals surface area contributed by atoms with Gasteiger partial charge in [-0.2, -0.15) is 5.10 Å². The molecule has 0 radical (unpaired) electrons. The third-order valence-corrected chi connectivity index (χ3v) is 6.92. The number of piperidine rings is 1. The molecular weight excluding hydrogens is 276 g/mol. The number of amides is 1. The number of hydrogen-bond donors (Lipinski definition) is 1. The maximum Gasteiger partial charge on any atom is 0.275 e. The summed E-state index contributed by atoms with van der Waals surface area (Å²) in [6.07, 6.45) is 2.58. The van der Waals surface area contributed by atoms with Gasteiger partial charge < -0.3 is 4.90 Å². The van der Waals surface area contributed by atoms with E-state index in [1.54, 1.807) is 0 Å². The fourth-order valence-electron chi connectivity index (χ4n) is 5.93. The Balaban J connectivity index is 1.42. The van der Waals surface area contributed by atoms with Crippen molar-refractivity contribution in [1.82, 2.24) is 20.0 Å². The van der Waals surface area contributed by atoms with Gasteiger partial charge in [0.1, 0.15) is 0 Å². The van der Waals surface area contributed by atoms with Crippen molar-refractivity contribution in [2.24, 2.45) is 11.3 Å². The Morgan fingerprint density at radius 3 is 3.09 bits per heavy atom. The van der Waals surface area contributed by atoms with Crippen LogP contribution in [0.25, 0.3) is 10.9 Å². The first-order chi connectivity index (χ1) is 10.8. The Bertz CT molecular complexity index is 814. The molecule has 1 aromatic carbocycles. The molecule has 5 atom stereocenters. The lowest BCUT2D eigenvalue weighted by Crippen LogP contribution is -2.51. The van der Waals surface area contributed by atoms with Crippen LogP contribution in [-0.2, 0) is 0 Å². The van der Waals surface area contributed by atoms with E-state index in [0.717, 1.165) is 36.0 Å². The first kappa shape index (κ1) is 11.7. The summed E-state index contributed by atoms with van der Waals surface area (Å²) in [6.45, 7) is 3.26. The van der Waals surface area contributed by atoms with E-state index < -0.39 is 0 Å². The van der Waals surface area contributed by atoms with Crippen LogP contribution < -0.4 is 0 Å². The highest BCUT2D eigenvalue weighted by Gasteiger charge is 2.73. The number of fused-ring (bicyclic) bond motifs is 1. The molecule has 4 heterocycles. The molecule has 112 valence electrons. The van der Waals surface area contributed by atoms with Crippen molar-refractivity contribution in [3.8, 4) is 0 Å². The van der Waals surface area contributed by atoms with E-state index in [1.165, 1.54) is 19.4 Å². The van der Waals surface area contributed by atoms with E-state index in [0.29, 0.717) is 17.2 Å². The molecule has 5 nitrogen and oxygen atoms in total. The number of likely N-dealkylation sites (tertiary alicyclic amines) is 1. The zero-order chi connectivity index (χ0) is 14.5. The average Bonchev–Trinajstić information content (AvgIpc) is 3.19. The van der Waals surface area contributed by atoms with E-state index in [2.05, 4.69) is 20.0 Å². The van der Waals surface area contributed by atoms with Crippen LogP contribution in [0, 0.1) is 11.3 Å². The van der Waals surface area contributed by atoms with Crippen LogP contribution in [0.2, 0.25) is 0 Å². The summed E-state index contributed by atoms with van der Waals surface area (Å²) in [5, 5.41) is 8.27. The zero-order valence-corrected chi connectivity index (χ0v) is 12.3. The molecule has 1 unspecified atom stereocenters. The smallest absolute Gasteiger partial charge is 0.275 e. The SMILES string of the molecule is O=C(c1n[nH]c2ccccc12)N1C[C@@H]2C[C@@H]3N4CC[C@]23[C@@H]1C4. The summed E-state index contributed by atoms with van der Waals surface area (Å²) in [5.74, 6) is 0.850. The van der Waals surface area contributed by atoms with Gasteiger partial charge in [0, 0.05) is 29.9 Å². The highest BCUT2D eigenvalue weighted by Crippen LogP contribution is 2.66. The van der Waals surface area contributed by atoms with Crippen LogP contribution in [0.3, 0.4) is 0 Å². The first-order valence-electron chi connectivity index (χ1n) is 8.27. The molecule has 3 saturated heterocycles. The van der Waals surface area contributed by atoms with Crippen LogP contribution in [-0.4, -0.2) is 57.6 Å². The summed E-state index contributed by atoms with van der Waals surface area (Å²) in [5.41, 5.74) is 1.98. The second-order valence-electron chi connectivity index (χ2n) is 7.40. The zero-order valence-electron chi connectivity index (χ0n) is 12.3. The standard InChI is InChI=1S/C17H18N4O/c22-16(15-11-3-1-2-4-12(11)18-19-15)21-8-10-7-13-17(10)5-6-20(13)9-14(17)21/h1-4,10,13-14H,5-9H2,(H,18,19)/t10-,13-,14-,17-/m0/s1. The minimum atomic E-state index is 0.124. The molecule has 22 heavy (non-hydrogen) atoms. The maximum atomic E-state index is 13.1. The van der Waals surface area contributed by atoms with Gasteiger partial charge in [-0.1, -0.05) is 18.2 Å². The van der Waals surface area contributed by atoms with Crippen LogP contribution >= 0.6 is 0 Å². The van der Waals surface area contributed by atoms with Gasteiger partial charge in [0.25, 0.3) is 5.91 Å². The van der Waals surface area contributed by atoms with Gasteiger partial charge in [-0.3, -0.25) is 14.8 Å². The minimum absolute atomic E-state index is 0.124. The van der Waals surface area contributed by atoms with Crippen molar-refractivity contribution in [3.05, 3.63) is 30.0 Å². The highest BCUT2D eigenvalue weighted by atomic mass is 16.2. The molecule has 2 aromatic rings. The van der Waals surface area contributed by atoms with Crippen molar-refractivity contribution in [2.75, 3.05) is 19.6 Å². The summed E-state index contributed by atoms with van der Waals surface area (Å²) in [6, 6.07) is 9.09. The topological polar surface area (TPSA) is 52.2 Å². The fraction of sp³-hybridized carbons (Fsp3) is 0.529. The Labute approximate surface area is 128 Å². The van der Waals surface area contributed by atoms with E-state index in [-0.39, 0.29) is 5.91 Å². The van der Waals surface area contributed by atoms with Gasteiger partial charge in [0.2, 0.25) is 0 Å². The molecule has 5 heteroatoms. The third kappa shape index (κ3) is 1.08. The van der Waals surface area contributed by atoms with E-state index >= 15 is 0 Å². The summed E-state index contributed by atoms with van der Waals surface area (Å²) in [4.78, 5) is 17.9. The molecule has 4 fully saturated rings. The second-order valence-corrected chi connectivity index (χ2v) is 7.40. The number of nitrogens with one attached hydrogen (secondary N) is 1. The number of rotatable bonds is 1. The van der Waals surface area contributed by atoms with Gasteiger partial charge in [-0.05, 0) is 31.4 Å². The summed E-state index contributed by atoms with van der Waals surface area (Å²) >= 11 is 0. The van der Waals surface area contributed by atoms with E-state index in [1.807, 2.05) is 24.3 Å². The number of aromatic nitrogens is 2. The Kier molecular flexibility index (Phi) is 1.87. The lowest BCUT2D eigenvalue weighted by molar-refractivity contribution is 0.0484. The number of hydrogen-bond acceptors (Lipinski definition) is 3. The van der Waals surface area contributed by atoms with Gasteiger partial charge in [-0.25, -0.2) is 0 Å². The van der Waals surface area contributed by atoms with Crippen LogP contribution in [0.4, 0.5) is 0 Å². The predicted octanol–water partition coefficient (Wildman–Crippen LogP) is 1.48. The van der Waals surface area contributed by atoms with Crippen molar-refractivity contribution in [2.45, 2.75) is 24.9 Å². The number of benzene rings is 1. The molecule has 1 N–H and O–H groups in total. The molecule has 3 aliphatic heterocycles. The molecule has 1 aromatic heterocycles. The number of carbonyl (C=O) groups excluding carboxylic acids is 1. The second kappa shape index (κ2) is 3.54. The normalized spacial score (nSPS) is 41.0. The largest absolute Gasteiger partial charge is 0.332 e. The predicted molar refractivity (Wildman–Crippen MR) is 81.4 cm³/mol. The summed E-state index contributed by atoms with van der Waals surface area (Å²) in [7, 11) is 0. The lowest BCUT2D eigenvalue weighted by atomic mass is 9.57. The number of carbonyl (C=O) groups is 1. The fourth-order valence-corrected chi connectivity index (χ4v) is 5.93. The van der Waals surface area contributed by atoms with Crippen molar-refractivity contribution >= 4 is 16.8 Å². The molecule has 1 aliphatic carbocycles. The van der Waals surface area contributed by atoms with Gasteiger partial charge in [-0.15, -0.1) is 0 Å². The Hall–Kier alpha value is -1.88. The number of aromatic amines is 1. The quantitative estimate of drug-likeness (QED) is 0.867.